The number of hydrogen-bond donors (Lipinski definition) is 3. The van der Waals surface area contributed by atoms with Gasteiger partial charge in [-0.05, 0) is 40.7 Å². The number of aliphatic carboxylic acids is 1. The molecule has 180 valence electrons. The minimum atomic E-state index is -1.11. The number of carbonyl (C=O) groups is 3. The number of amides is 2. The van der Waals surface area contributed by atoms with Gasteiger partial charge in [0.15, 0.2) is 6.04 Å². The van der Waals surface area contributed by atoms with Gasteiger partial charge in [0.05, 0.1) is 0 Å². The molecule has 3 aromatic rings. The fourth-order valence-electron chi connectivity index (χ4n) is 4.42. The normalized spacial score (nSPS) is 12.8. The van der Waals surface area contributed by atoms with Gasteiger partial charge in [0.2, 0.25) is 5.91 Å². The summed E-state index contributed by atoms with van der Waals surface area (Å²) < 4.78 is 5.50. The van der Waals surface area contributed by atoms with E-state index in [0.717, 1.165) is 11.1 Å². The lowest BCUT2D eigenvalue weighted by Crippen LogP contribution is -2.33. The van der Waals surface area contributed by atoms with E-state index in [0.29, 0.717) is 24.9 Å². The molecule has 0 saturated heterocycles. The topological polar surface area (TPSA) is 105 Å². The largest absolute Gasteiger partial charge is 0.479 e. The molecule has 0 aromatic heterocycles. The molecule has 1 aliphatic rings. The lowest BCUT2D eigenvalue weighted by Gasteiger charge is -2.15. The molecule has 3 aromatic carbocycles. The van der Waals surface area contributed by atoms with Gasteiger partial charge in [0.25, 0.3) is 0 Å². The summed E-state index contributed by atoms with van der Waals surface area (Å²) in [7, 11) is 0. The number of fused-ring (bicyclic) bond motifs is 3. The second kappa shape index (κ2) is 11.3. The Morgan fingerprint density at radius 1 is 0.829 bits per heavy atom. The highest BCUT2D eigenvalue weighted by Crippen LogP contribution is 2.44. The van der Waals surface area contributed by atoms with Crippen LogP contribution in [-0.2, 0) is 14.3 Å². The van der Waals surface area contributed by atoms with E-state index in [-0.39, 0.29) is 24.9 Å². The van der Waals surface area contributed by atoms with Crippen LogP contribution in [0.15, 0.2) is 78.9 Å². The van der Waals surface area contributed by atoms with Crippen LogP contribution in [0.4, 0.5) is 4.79 Å². The summed E-state index contributed by atoms with van der Waals surface area (Å²) in [4.78, 5) is 35.9. The van der Waals surface area contributed by atoms with Crippen molar-refractivity contribution in [2.24, 2.45) is 0 Å². The van der Waals surface area contributed by atoms with Crippen molar-refractivity contribution in [1.82, 2.24) is 10.6 Å². The first-order chi connectivity index (χ1) is 17.0. The van der Waals surface area contributed by atoms with Gasteiger partial charge in [0, 0.05) is 18.9 Å². The third-order valence-corrected chi connectivity index (χ3v) is 6.13. The van der Waals surface area contributed by atoms with Crippen molar-refractivity contribution in [2.75, 3.05) is 13.2 Å². The Morgan fingerprint density at radius 3 is 2.06 bits per heavy atom. The first kappa shape index (κ1) is 24.0. The summed E-state index contributed by atoms with van der Waals surface area (Å²) in [5.74, 6) is -1.45. The number of unbranched alkanes of at least 4 members (excludes halogenated alkanes) is 1. The number of nitrogens with one attached hydrogen (secondary N) is 2. The molecule has 1 atom stereocenters. The lowest BCUT2D eigenvalue weighted by atomic mass is 9.98. The van der Waals surface area contributed by atoms with Crippen molar-refractivity contribution in [3.8, 4) is 11.1 Å². The first-order valence-corrected chi connectivity index (χ1v) is 11.7. The second-order valence-corrected chi connectivity index (χ2v) is 8.46. The van der Waals surface area contributed by atoms with Crippen molar-refractivity contribution < 1.29 is 24.2 Å². The number of alkyl carbamates (subject to hydrolysis) is 1. The molecule has 1 aliphatic carbocycles. The predicted octanol–water partition coefficient (Wildman–Crippen LogP) is 4.64. The van der Waals surface area contributed by atoms with Gasteiger partial charge in [-0.3, -0.25) is 4.79 Å². The van der Waals surface area contributed by atoms with Crippen LogP contribution < -0.4 is 10.6 Å². The summed E-state index contributed by atoms with van der Waals surface area (Å²) in [6.07, 6.45) is 0.756. The molecule has 0 spiro atoms. The maximum atomic E-state index is 12.2. The molecule has 0 unspecified atom stereocenters. The number of rotatable bonds is 10. The monoisotopic (exact) mass is 472 g/mol. The van der Waals surface area contributed by atoms with Crippen molar-refractivity contribution in [3.63, 3.8) is 0 Å². The van der Waals surface area contributed by atoms with Crippen LogP contribution in [0.1, 0.15) is 47.9 Å². The molecule has 0 fully saturated rings. The SMILES string of the molecule is O=C(CCCCNC(=O)OCC1c2ccccc2-c2ccccc21)N[C@@H](C(=O)O)c1ccccc1. The van der Waals surface area contributed by atoms with Gasteiger partial charge >= 0.3 is 12.1 Å². The number of carboxylic acids is 1. The summed E-state index contributed by atoms with van der Waals surface area (Å²) in [6.45, 7) is 0.614. The summed E-state index contributed by atoms with van der Waals surface area (Å²) >= 11 is 0. The Balaban J connectivity index is 1.18. The Bertz CT molecular complexity index is 1150. The van der Waals surface area contributed by atoms with Gasteiger partial charge in [-0.1, -0.05) is 78.9 Å². The highest BCUT2D eigenvalue weighted by molar-refractivity contribution is 5.84. The molecule has 2 amide bonds. The summed E-state index contributed by atoms with van der Waals surface area (Å²) in [5, 5.41) is 14.7. The van der Waals surface area contributed by atoms with Gasteiger partial charge in [-0.15, -0.1) is 0 Å². The Labute approximate surface area is 204 Å². The maximum absolute atomic E-state index is 12.2. The molecule has 0 heterocycles. The molecule has 7 heteroatoms. The highest BCUT2D eigenvalue weighted by Gasteiger charge is 2.29. The van der Waals surface area contributed by atoms with Gasteiger partial charge in [-0.25, -0.2) is 9.59 Å². The fourth-order valence-corrected chi connectivity index (χ4v) is 4.42. The van der Waals surface area contributed by atoms with E-state index >= 15 is 0 Å². The standard InChI is InChI=1S/C28H28N2O5/c31-25(30-26(27(32)33)19-10-2-1-3-11-19)16-8-9-17-29-28(34)35-18-24-22-14-6-4-12-20(22)21-13-5-7-15-23(21)24/h1-7,10-15,24,26H,8-9,16-18H2,(H,29,34)(H,30,31)(H,32,33)/t26-/m1/s1. The van der Waals surface area contributed by atoms with Crippen molar-refractivity contribution in [1.29, 1.82) is 0 Å². The third kappa shape index (κ3) is 5.87. The number of carbonyl (C=O) groups excluding carboxylic acids is 2. The van der Waals surface area contributed by atoms with Crippen LogP contribution in [-0.4, -0.2) is 36.2 Å². The predicted molar refractivity (Wildman–Crippen MR) is 132 cm³/mol. The van der Waals surface area contributed by atoms with Crippen molar-refractivity contribution in [2.45, 2.75) is 31.2 Å². The van der Waals surface area contributed by atoms with Gasteiger partial charge in [0.1, 0.15) is 6.61 Å². The van der Waals surface area contributed by atoms with E-state index in [1.165, 1.54) is 11.1 Å². The zero-order valence-electron chi connectivity index (χ0n) is 19.3. The quantitative estimate of drug-likeness (QED) is 0.373. The third-order valence-electron chi connectivity index (χ3n) is 6.13. The smallest absolute Gasteiger partial charge is 0.407 e. The molecule has 7 nitrogen and oxygen atoms in total. The number of hydrogen-bond acceptors (Lipinski definition) is 4. The Morgan fingerprint density at radius 2 is 1.43 bits per heavy atom. The highest BCUT2D eigenvalue weighted by atomic mass is 16.5. The van der Waals surface area contributed by atoms with Crippen LogP contribution >= 0.6 is 0 Å². The molecule has 0 bridgehead atoms. The van der Waals surface area contributed by atoms with Gasteiger partial charge < -0.3 is 20.5 Å². The molecule has 0 aliphatic heterocycles. The lowest BCUT2D eigenvalue weighted by molar-refractivity contribution is -0.142. The summed E-state index contributed by atoms with van der Waals surface area (Å²) in [5.41, 5.74) is 5.18. The van der Waals surface area contributed by atoms with Gasteiger partial charge in [-0.2, -0.15) is 0 Å². The molecule has 0 saturated carbocycles. The van der Waals surface area contributed by atoms with Crippen LogP contribution in [0.3, 0.4) is 0 Å². The van der Waals surface area contributed by atoms with E-state index in [2.05, 4.69) is 34.9 Å². The average Bonchev–Trinajstić information content (AvgIpc) is 3.20. The number of benzene rings is 3. The minimum absolute atomic E-state index is 0.00337. The van der Waals surface area contributed by atoms with Crippen LogP contribution in [0, 0.1) is 0 Å². The van der Waals surface area contributed by atoms with E-state index < -0.39 is 18.1 Å². The van der Waals surface area contributed by atoms with Crippen molar-refractivity contribution >= 4 is 18.0 Å². The van der Waals surface area contributed by atoms with Crippen LogP contribution in [0.5, 0.6) is 0 Å². The zero-order chi connectivity index (χ0) is 24.6. The Hall–Kier alpha value is -4.13. The molecule has 0 radical (unpaired) electrons. The average molecular weight is 473 g/mol. The number of carboxylic acid groups (broad SMARTS) is 1. The minimum Gasteiger partial charge on any atom is -0.479 e. The molecule has 3 N–H and O–H groups in total. The Kier molecular flexibility index (Phi) is 7.77. The van der Waals surface area contributed by atoms with Crippen molar-refractivity contribution in [3.05, 3.63) is 95.6 Å². The molecular weight excluding hydrogens is 444 g/mol. The molecule has 35 heavy (non-hydrogen) atoms. The molecular formula is C28H28N2O5. The van der Waals surface area contributed by atoms with Crippen LogP contribution in [0.2, 0.25) is 0 Å². The van der Waals surface area contributed by atoms with Crippen LogP contribution in [0.25, 0.3) is 11.1 Å². The van der Waals surface area contributed by atoms with E-state index in [1.54, 1.807) is 30.3 Å². The summed E-state index contributed by atoms with van der Waals surface area (Å²) in [6, 6.07) is 23.8. The molecule has 4 rings (SSSR count). The maximum Gasteiger partial charge on any atom is 0.407 e. The zero-order valence-corrected chi connectivity index (χ0v) is 19.3. The first-order valence-electron chi connectivity index (χ1n) is 11.7. The second-order valence-electron chi connectivity index (χ2n) is 8.46. The van der Waals surface area contributed by atoms with E-state index in [9.17, 15) is 19.5 Å². The fraction of sp³-hybridized carbons (Fsp3) is 0.250. The van der Waals surface area contributed by atoms with E-state index in [1.807, 2.05) is 24.3 Å². The number of ether oxygens (including phenoxy) is 1. The van der Waals surface area contributed by atoms with E-state index in [4.69, 9.17) is 4.74 Å².